The zero-order valence-electron chi connectivity index (χ0n) is 14.3. The van der Waals surface area contributed by atoms with Crippen molar-refractivity contribution in [3.8, 4) is 11.5 Å². The number of rotatable bonds is 5. The van der Waals surface area contributed by atoms with Gasteiger partial charge in [-0.3, -0.25) is 4.99 Å². The highest BCUT2D eigenvalue weighted by Crippen LogP contribution is 2.38. The molecule has 1 atom stereocenters. The molecule has 2 aromatic rings. The largest absolute Gasteiger partial charge is 0.486 e. The molecule has 1 aromatic carbocycles. The Balaban J connectivity index is 1.55. The normalized spacial score (nSPS) is 14.9. The molecule has 0 bridgehead atoms. The lowest BCUT2D eigenvalue weighted by molar-refractivity contribution is 0.171. The third-order valence-corrected chi connectivity index (χ3v) is 5.33. The van der Waals surface area contributed by atoms with E-state index >= 15 is 0 Å². The first-order valence-corrected chi connectivity index (χ1v) is 9.49. The van der Waals surface area contributed by atoms with Gasteiger partial charge in [-0.2, -0.15) is 0 Å². The maximum Gasteiger partial charge on any atom is 0.191 e. The number of hydrogen-bond donors (Lipinski definition) is 2. The van der Waals surface area contributed by atoms with Crippen LogP contribution >= 0.6 is 22.9 Å². The van der Waals surface area contributed by atoms with E-state index in [4.69, 9.17) is 21.1 Å². The summed E-state index contributed by atoms with van der Waals surface area (Å²) in [6.07, 6.45) is 0. The van der Waals surface area contributed by atoms with Crippen LogP contribution in [0.15, 0.2) is 34.6 Å². The van der Waals surface area contributed by atoms with Crippen LogP contribution in [0.25, 0.3) is 0 Å². The Kier molecular flexibility index (Phi) is 6.04. The Labute approximate surface area is 157 Å². The highest BCUT2D eigenvalue weighted by atomic mass is 35.5. The molecule has 0 fully saturated rings. The molecule has 7 heteroatoms. The molecule has 0 amide bonds. The van der Waals surface area contributed by atoms with Gasteiger partial charge in [-0.05, 0) is 29.1 Å². The van der Waals surface area contributed by atoms with Crippen LogP contribution < -0.4 is 20.1 Å². The van der Waals surface area contributed by atoms with Gasteiger partial charge in [0, 0.05) is 30.9 Å². The SMILES string of the molecule is CN=C(NCc1cc(Cl)c2c(c1)OCCO2)NCC(C)c1cccs1. The van der Waals surface area contributed by atoms with Gasteiger partial charge in [-0.15, -0.1) is 11.3 Å². The zero-order chi connectivity index (χ0) is 17.6. The van der Waals surface area contributed by atoms with Crippen molar-refractivity contribution >= 4 is 28.9 Å². The fraction of sp³-hybridized carbons (Fsp3) is 0.389. The minimum absolute atomic E-state index is 0.433. The van der Waals surface area contributed by atoms with E-state index in [1.165, 1.54) is 4.88 Å². The van der Waals surface area contributed by atoms with Crippen LogP contribution in [0, 0.1) is 0 Å². The predicted octanol–water partition coefficient (Wildman–Crippen LogP) is 3.64. The quantitative estimate of drug-likeness (QED) is 0.615. The van der Waals surface area contributed by atoms with E-state index in [9.17, 15) is 0 Å². The highest BCUT2D eigenvalue weighted by molar-refractivity contribution is 7.10. The molecule has 2 heterocycles. The van der Waals surface area contributed by atoms with Gasteiger partial charge in [0.1, 0.15) is 13.2 Å². The number of hydrogen-bond acceptors (Lipinski definition) is 4. The number of ether oxygens (including phenoxy) is 2. The first kappa shape index (κ1) is 17.9. The Morgan fingerprint density at radius 2 is 2.16 bits per heavy atom. The van der Waals surface area contributed by atoms with E-state index in [1.54, 1.807) is 18.4 Å². The first-order valence-electron chi connectivity index (χ1n) is 8.23. The number of fused-ring (bicyclic) bond motifs is 1. The van der Waals surface area contributed by atoms with Crippen LogP contribution in [0.3, 0.4) is 0 Å². The lowest BCUT2D eigenvalue weighted by Gasteiger charge is -2.21. The maximum absolute atomic E-state index is 6.28. The summed E-state index contributed by atoms with van der Waals surface area (Å²) in [5.74, 6) is 2.52. The Morgan fingerprint density at radius 3 is 2.92 bits per heavy atom. The number of thiophene rings is 1. The van der Waals surface area contributed by atoms with Crippen LogP contribution in [0.5, 0.6) is 11.5 Å². The third kappa shape index (κ3) is 4.58. The molecular weight excluding hydrogens is 358 g/mol. The second-order valence-electron chi connectivity index (χ2n) is 5.82. The van der Waals surface area contributed by atoms with Crippen molar-refractivity contribution in [3.05, 3.63) is 45.1 Å². The molecule has 1 unspecified atom stereocenters. The monoisotopic (exact) mass is 379 g/mol. The van der Waals surface area contributed by atoms with Gasteiger partial charge >= 0.3 is 0 Å². The van der Waals surface area contributed by atoms with Crippen molar-refractivity contribution in [2.24, 2.45) is 4.99 Å². The number of halogens is 1. The predicted molar refractivity (Wildman–Crippen MR) is 103 cm³/mol. The zero-order valence-corrected chi connectivity index (χ0v) is 15.9. The molecule has 1 aliphatic rings. The Hall–Kier alpha value is -1.92. The molecule has 0 saturated heterocycles. The van der Waals surface area contributed by atoms with Crippen molar-refractivity contribution in [3.63, 3.8) is 0 Å². The van der Waals surface area contributed by atoms with Gasteiger partial charge in [-0.1, -0.05) is 24.6 Å². The van der Waals surface area contributed by atoms with Gasteiger partial charge in [0.2, 0.25) is 0 Å². The summed E-state index contributed by atoms with van der Waals surface area (Å²) in [5, 5.41) is 9.34. The van der Waals surface area contributed by atoms with Crippen LogP contribution in [0.2, 0.25) is 5.02 Å². The molecule has 134 valence electrons. The van der Waals surface area contributed by atoms with E-state index in [2.05, 4.69) is 40.1 Å². The summed E-state index contributed by atoms with van der Waals surface area (Å²) in [5.41, 5.74) is 1.02. The van der Waals surface area contributed by atoms with E-state index in [1.807, 2.05) is 12.1 Å². The molecule has 1 aliphatic heterocycles. The van der Waals surface area contributed by atoms with Crippen LogP contribution in [0.1, 0.15) is 23.3 Å². The van der Waals surface area contributed by atoms with Crippen molar-refractivity contribution in [1.29, 1.82) is 0 Å². The molecule has 3 rings (SSSR count). The summed E-state index contributed by atoms with van der Waals surface area (Å²) in [6.45, 7) is 4.70. The second kappa shape index (κ2) is 8.45. The van der Waals surface area contributed by atoms with Crippen molar-refractivity contribution < 1.29 is 9.47 Å². The minimum atomic E-state index is 0.433. The average Bonchev–Trinajstić information content (AvgIpc) is 3.16. The molecule has 0 radical (unpaired) electrons. The molecular formula is C18H22ClN3O2S. The number of nitrogens with zero attached hydrogens (tertiary/aromatic N) is 1. The Morgan fingerprint density at radius 1 is 1.32 bits per heavy atom. The van der Waals surface area contributed by atoms with Gasteiger partial charge in [-0.25, -0.2) is 0 Å². The van der Waals surface area contributed by atoms with Gasteiger partial charge in [0.15, 0.2) is 17.5 Å². The number of nitrogens with one attached hydrogen (secondary N) is 2. The van der Waals surface area contributed by atoms with Crippen LogP contribution in [-0.4, -0.2) is 32.8 Å². The van der Waals surface area contributed by atoms with E-state index < -0.39 is 0 Å². The van der Waals surface area contributed by atoms with Crippen LogP contribution in [0.4, 0.5) is 0 Å². The van der Waals surface area contributed by atoms with Gasteiger partial charge < -0.3 is 20.1 Å². The summed E-state index contributed by atoms with van der Waals surface area (Å²) in [4.78, 5) is 5.64. The lowest BCUT2D eigenvalue weighted by Crippen LogP contribution is -2.38. The van der Waals surface area contributed by atoms with Crippen molar-refractivity contribution in [2.75, 3.05) is 26.8 Å². The maximum atomic E-state index is 6.28. The fourth-order valence-electron chi connectivity index (χ4n) is 2.59. The fourth-order valence-corrected chi connectivity index (χ4v) is 3.67. The Bertz CT molecular complexity index is 734. The first-order chi connectivity index (χ1) is 12.2. The summed E-state index contributed by atoms with van der Waals surface area (Å²) in [6, 6.07) is 8.08. The summed E-state index contributed by atoms with van der Waals surface area (Å²) < 4.78 is 11.2. The molecule has 0 spiro atoms. The average molecular weight is 380 g/mol. The molecule has 1 aromatic heterocycles. The number of benzene rings is 1. The summed E-state index contributed by atoms with van der Waals surface area (Å²) >= 11 is 8.05. The second-order valence-corrected chi connectivity index (χ2v) is 7.21. The number of guanidine groups is 1. The third-order valence-electron chi connectivity index (χ3n) is 3.94. The van der Waals surface area contributed by atoms with Gasteiger partial charge in [0.05, 0.1) is 5.02 Å². The molecule has 5 nitrogen and oxygen atoms in total. The minimum Gasteiger partial charge on any atom is -0.486 e. The van der Waals surface area contributed by atoms with Crippen molar-refractivity contribution in [2.45, 2.75) is 19.4 Å². The topological polar surface area (TPSA) is 54.9 Å². The molecule has 0 aliphatic carbocycles. The molecule has 0 saturated carbocycles. The van der Waals surface area contributed by atoms with E-state index in [0.29, 0.717) is 42.2 Å². The molecule has 25 heavy (non-hydrogen) atoms. The van der Waals surface area contributed by atoms with Gasteiger partial charge in [0.25, 0.3) is 0 Å². The van der Waals surface area contributed by atoms with E-state index in [-0.39, 0.29) is 0 Å². The van der Waals surface area contributed by atoms with E-state index in [0.717, 1.165) is 18.1 Å². The highest BCUT2D eigenvalue weighted by Gasteiger charge is 2.16. The van der Waals surface area contributed by atoms with Crippen molar-refractivity contribution in [1.82, 2.24) is 10.6 Å². The molecule has 2 N–H and O–H groups in total. The smallest absolute Gasteiger partial charge is 0.191 e. The standard InChI is InChI=1S/C18H22ClN3O2S/c1-12(16-4-3-7-25-16)10-21-18(20-2)22-11-13-8-14(19)17-15(9-13)23-5-6-24-17/h3-4,7-9,12H,5-6,10-11H2,1-2H3,(H2,20,21,22). The number of aliphatic imine (C=N–C) groups is 1. The lowest BCUT2D eigenvalue weighted by atomic mass is 10.1. The van der Waals surface area contributed by atoms with Crippen LogP contribution in [-0.2, 0) is 6.54 Å². The summed E-state index contributed by atoms with van der Waals surface area (Å²) in [7, 11) is 1.77.